The molecule has 134 valence electrons. The molecule has 3 heterocycles. The second-order valence-corrected chi connectivity index (χ2v) is 7.30. The number of rotatable bonds is 2. The molecule has 4 rings (SSSR count). The molecular weight excluding hydrogens is 356 g/mol. The fraction of sp³-hybridized carbons (Fsp3) is 0.300. The van der Waals surface area contributed by atoms with Gasteiger partial charge in [0.1, 0.15) is 17.5 Å². The number of pyridine rings is 2. The van der Waals surface area contributed by atoms with Gasteiger partial charge in [0.2, 0.25) is 0 Å². The van der Waals surface area contributed by atoms with Crippen molar-refractivity contribution in [2.75, 3.05) is 18.0 Å². The highest BCUT2D eigenvalue weighted by Gasteiger charge is 2.20. The van der Waals surface area contributed by atoms with E-state index in [-0.39, 0.29) is 15.9 Å². The average Bonchev–Trinajstić information content (AvgIpc) is 3.04. The van der Waals surface area contributed by atoms with Gasteiger partial charge in [-0.05, 0) is 37.0 Å². The van der Waals surface area contributed by atoms with Crippen LogP contribution in [0, 0.1) is 24.5 Å². The van der Waals surface area contributed by atoms with Crippen molar-refractivity contribution >= 4 is 28.3 Å². The number of benzene rings is 1. The summed E-state index contributed by atoms with van der Waals surface area (Å²) < 4.78 is 27.7. The average molecular weight is 374 g/mol. The molecule has 0 radical (unpaired) electrons. The smallest absolute Gasteiger partial charge is 0.137 e. The zero-order chi connectivity index (χ0) is 18.4. The Labute approximate surface area is 155 Å². The van der Waals surface area contributed by atoms with Gasteiger partial charge >= 0.3 is 0 Å². The fourth-order valence-electron chi connectivity index (χ4n) is 3.50. The van der Waals surface area contributed by atoms with Gasteiger partial charge in [-0.2, -0.15) is 0 Å². The molecule has 1 unspecified atom stereocenters. The van der Waals surface area contributed by atoms with E-state index in [9.17, 15) is 8.78 Å². The van der Waals surface area contributed by atoms with Gasteiger partial charge in [0, 0.05) is 37.0 Å². The Bertz CT molecular complexity index is 989. The van der Waals surface area contributed by atoms with Gasteiger partial charge in [0.15, 0.2) is 0 Å². The van der Waals surface area contributed by atoms with Crippen LogP contribution in [0.4, 0.5) is 14.6 Å². The second kappa shape index (κ2) is 6.47. The molecule has 1 aliphatic heterocycles. The molecule has 3 nitrogen and oxygen atoms in total. The van der Waals surface area contributed by atoms with Gasteiger partial charge in [0.05, 0.1) is 21.6 Å². The molecule has 0 saturated carbocycles. The number of hydrogen-bond acceptors (Lipinski definition) is 3. The molecule has 26 heavy (non-hydrogen) atoms. The molecular formula is C20H18ClF2N3. The zero-order valence-corrected chi connectivity index (χ0v) is 15.3. The van der Waals surface area contributed by atoms with Gasteiger partial charge in [-0.1, -0.05) is 18.5 Å². The predicted molar refractivity (Wildman–Crippen MR) is 101 cm³/mol. The molecule has 2 aromatic heterocycles. The molecule has 1 aliphatic rings. The lowest BCUT2D eigenvalue weighted by atomic mass is 10.0. The van der Waals surface area contributed by atoms with Crippen LogP contribution >= 0.6 is 11.6 Å². The first-order valence-corrected chi connectivity index (χ1v) is 8.98. The van der Waals surface area contributed by atoms with E-state index in [0.717, 1.165) is 30.5 Å². The Morgan fingerprint density at radius 2 is 2.04 bits per heavy atom. The fourth-order valence-corrected chi connectivity index (χ4v) is 3.78. The third-order valence-corrected chi connectivity index (χ3v) is 5.41. The Morgan fingerprint density at radius 3 is 2.69 bits per heavy atom. The van der Waals surface area contributed by atoms with Gasteiger partial charge in [-0.25, -0.2) is 18.7 Å². The number of halogens is 3. The normalized spacial score (nSPS) is 17.3. The quantitative estimate of drug-likeness (QED) is 0.603. The lowest BCUT2D eigenvalue weighted by Gasteiger charge is -2.17. The summed E-state index contributed by atoms with van der Waals surface area (Å²) in [5.74, 6) is 0.220. The first-order valence-electron chi connectivity index (χ1n) is 8.60. The Morgan fingerprint density at radius 1 is 1.23 bits per heavy atom. The van der Waals surface area contributed by atoms with Crippen molar-refractivity contribution in [3.8, 4) is 11.3 Å². The van der Waals surface area contributed by atoms with E-state index < -0.39 is 11.6 Å². The topological polar surface area (TPSA) is 29.0 Å². The van der Waals surface area contributed by atoms with E-state index in [1.54, 1.807) is 13.1 Å². The van der Waals surface area contributed by atoms with Gasteiger partial charge in [-0.3, -0.25) is 0 Å². The summed E-state index contributed by atoms with van der Waals surface area (Å²) in [7, 11) is 0. The summed E-state index contributed by atoms with van der Waals surface area (Å²) >= 11 is 6.36. The van der Waals surface area contributed by atoms with Crippen molar-refractivity contribution in [2.45, 2.75) is 20.3 Å². The van der Waals surface area contributed by atoms with Crippen LogP contribution in [-0.4, -0.2) is 23.1 Å². The van der Waals surface area contributed by atoms with Crippen LogP contribution in [0.15, 0.2) is 30.5 Å². The van der Waals surface area contributed by atoms with Crippen molar-refractivity contribution in [3.63, 3.8) is 0 Å². The number of anilines is 1. The summed E-state index contributed by atoms with van der Waals surface area (Å²) in [6, 6.07) is 5.90. The maximum Gasteiger partial charge on any atom is 0.137 e. The number of fused-ring (bicyclic) bond motifs is 1. The summed E-state index contributed by atoms with van der Waals surface area (Å²) in [6.07, 6.45) is 2.91. The van der Waals surface area contributed by atoms with Crippen molar-refractivity contribution in [3.05, 3.63) is 52.7 Å². The van der Waals surface area contributed by atoms with Crippen LogP contribution in [-0.2, 0) is 0 Å². The molecule has 1 fully saturated rings. The molecule has 1 saturated heterocycles. The minimum Gasteiger partial charge on any atom is -0.356 e. The highest BCUT2D eigenvalue weighted by Crippen LogP contribution is 2.35. The van der Waals surface area contributed by atoms with Crippen molar-refractivity contribution in [2.24, 2.45) is 5.92 Å². The van der Waals surface area contributed by atoms with Crippen LogP contribution in [0.25, 0.3) is 22.2 Å². The molecule has 0 bridgehead atoms. The first-order chi connectivity index (χ1) is 12.4. The van der Waals surface area contributed by atoms with Crippen LogP contribution in [0.3, 0.4) is 0 Å². The number of nitrogens with zero attached hydrogens (tertiary/aromatic N) is 3. The van der Waals surface area contributed by atoms with Crippen molar-refractivity contribution in [1.82, 2.24) is 9.97 Å². The first kappa shape index (κ1) is 17.2. The monoisotopic (exact) mass is 373 g/mol. The summed E-state index contributed by atoms with van der Waals surface area (Å²) in [5, 5.41) is 0.393. The Kier molecular flexibility index (Phi) is 4.27. The van der Waals surface area contributed by atoms with Crippen LogP contribution in [0.1, 0.15) is 18.9 Å². The lowest BCUT2D eigenvalue weighted by molar-refractivity contribution is 0.591. The van der Waals surface area contributed by atoms with Crippen molar-refractivity contribution < 1.29 is 8.78 Å². The predicted octanol–water partition coefficient (Wildman–Crippen LogP) is 5.38. The van der Waals surface area contributed by atoms with Gasteiger partial charge < -0.3 is 4.90 Å². The summed E-state index contributed by atoms with van der Waals surface area (Å²) in [4.78, 5) is 11.3. The van der Waals surface area contributed by atoms with Crippen LogP contribution in [0.5, 0.6) is 0 Å². The second-order valence-electron chi connectivity index (χ2n) is 6.93. The van der Waals surface area contributed by atoms with Gasteiger partial charge in [0.25, 0.3) is 0 Å². The van der Waals surface area contributed by atoms with E-state index in [4.69, 9.17) is 11.6 Å². The third-order valence-electron chi connectivity index (χ3n) is 4.94. The highest BCUT2D eigenvalue weighted by atomic mass is 35.5. The maximum absolute atomic E-state index is 14.1. The van der Waals surface area contributed by atoms with E-state index in [2.05, 4.69) is 21.8 Å². The molecule has 3 aromatic rings. The minimum absolute atomic E-state index is 0.143. The van der Waals surface area contributed by atoms with E-state index in [1.165, 1.54) is 12.5 Å². The Hall–Kier alpha value is -2.27. The summed E-state index contributed by atoms with van der Waals surface area (Å²) in [6.45, 7) is 6.02. The molecule has 0 amide bonds. The highest BCUT2D eigenvalue weighted by molar-refractivity contribution is 6.36. The molecule has 0 spiro atoms. The van der Waals surface area contributed by atoms with Crippen LogP contribution < -0.4 is 4.90 Å². The lowest BCUT2D eigenvalue weighted by Crippen LogP contribution is -2.20. The van der Waals surface area contributed by atoms with Gasteiger partial charge in [-0.15, -0.1) is 0 Å². The number of aromatic nitrogens is 2. The third kappa shape index (κ3) is 2.90. The van der Waals surface area contributed by atoms with E-state index in [0.29, 0.717) is 17.2 Å². The standard InChI is InChI=1S/C20H18ClF2N3/c1-11-5-6-26(10-11)17-4-3-13(9-24-17)20-12(2)19(21)18-15(23)7-14(22)8-16(18)25-20/h3-4,7-9,11H,5-6,10H2,1-2H3. The molecule has 6 heteroatoms. The maximum atomic E-state index is 14.1. The molecule has 0 aliphatic carbocycles. The SMILES string of the molecule is Cc1c(-c2ccc(N3CCC(C)C3)nc2)nc2cc(F)cc(F)c2c1Cl. The largest absolute Gasteiger partial charge is 0.356 e. The van der Waals surface area contributed by atoms with Crippen molar-refractivity contribution in [1.29, 1.82) is 0 Å². The minimum atomic E-state index is -0.705. The Balaban J connectivity index is 1.78. The zero-order valence-electron chi connectivity index (χ0n) is 14.6. The summed E-state index contributed by atoms with van der Waals surface area (Å²) in [5.41, 5.74) is 2.20. The van der Waals surface area contributed by atoms with E-state index >= 15 is 0 Å². The molecule has 1 atom stereocenters. The molecule has 1 aromatic carbocycles. The number of hydrogen-bond donors (Lipinski definition) is 0. The van der Waals surface area contributed by atoms with E-state index in [1.807, 2.05) is 12.1 Å². The van der Waals surface area contributed by atoms with Crippen LogP contribution in [0.2, 0.25) is 5.02 Å². The molecule has 0 N–H and O–H groups in total.